The van der Waals surface area contributed by atoms with Gasteiger partial charge in [-0.2, -0.15) is 0 Å². The highest BCUT2D eigenvalue weighted by atomic mass is 19.1. The van der Waals surface area contributed by atoms with Crippen LogP contribution in [0.4, 0.5) is 15.9 Å². The van der Waals surface area contributed by atoms with E-state index in [1.807, 2.05) is 24.3 Å². The van der Waals surface area contributed by atoms with E-state index in [4.69, 9.17) is 9.72 Å². The Kier molecular flexibility index (Phi) is 5.06. The maximum atomic E-state index is 13.0. The molecule has 2 heterocycles. The molecular weight excluding hydrogens is 359 g/mol. The minimum absolute atomic E-state index is 0.0391. The van der Waals surface area contributed by atoms with Crippen LogP contribution in [0, 0.1) is 11.7 Å². The molecule has 1 aliphatic heterocycles. The molecule has 0 unspecified atom stereocenters. The fraction of sp³-hybridized carbons (Fsp3) is 0.286. The van der Waals surface area contributed by atoms with Gasteiger partial charge in [-0.25, -0.2) is 14.4 Å². The summed E-state index contributed by atoms with van der Waals surface area (Å²) in [5.41, 5.74) is 2.21. The summed E-state index contributed by atoms with van der Waals surface area (Å²) >= 11 is 0. The molecular formula is C21H21FN4O2. The number of fused-ring (bicyclic) bond motifs is 1. The van der Waals surface area contributed by atoms with Crippen molar-refractivity contribution in [3.63, 3.8) is 0 Å². The molecule has 1 aromatic heterocycles. The van der Waals surface area contributed by atoms with Crippen LogP contribution in [-0.4, -0.2) is 36.1 Å². The number of aromatic nitrogens is 2. The average molecular weight is 380 g/mol. The molecule has 0 bridgehead atoms. The minimum Gasteiger partial charge on any atom is -0.478 e. The van der Waals surface area contributed by atoms with Gasteiger partial charge in [-0.3, -0.25) is 4.79 Å². The van der Waals surface area contributed by atoms with Crippen LogP contribution in [0.1, 0.15) is 12.8 Å². The molecule has 0 spiro atoms. The van der Waals surface area contributed by atoms with Crippen LogP contribution in [0.15, 0.2) is 48.5 Å². The fourth-order valence-electron chi connectivity index (χ4n) is 3.45. The first-order chi connectivity index (χ1) is 13.6. The molecule has 4 rings (SSSR count). The first-order valence-corrected chi connectivity index (χ1v) is 9.26. The predicted molar refractivity (Wildman–Crippen MR) is 106 cm³/mol. The van der Waals surface area contributed by atoms with Crippen LogP contribution in [0.3, 0.4) is 0 Å². The topological polar surface area (TPSA) is 67.4 Å². The lowest BCUT2D eigenvalue weighted by atomic mass is 9.96. The van der Waals surface area contributed by atoms with Crippen molar-refractivity contribution >= 4 is 28.4 Å². The Hall–Kier alpha value is -3.22. The second-order valence-corrected chi connectivity index (χ2v) is 6.80. The van der Waals surface area contributed by atoms with Gasteiger partial charge >= 0.3 is 0 Å². The number of anilines is 2. The number of amides is 1. The monoisotopic (exact) mass is 380 g/mol. The van der Waals surface area contributed by atoms with E-state index in [-0.39, 0.29) is 17.6 Å². The van der Waals surface area contributed by atoms with Crippen molar-refractivity contribution in [2.24, 2.45) is 5.92 Å². The SMILES string of the molecule is COc1nc2ccccc2nc1N1CCC(C(=O)Nc2ccc(F)cc2)CC1. The Morgan fingerprint density at radius 3 is 2.36 bits per heavy atom. The van der Waals surface area contributed by atoms with Gasteiger partial charge in [0.15, 0.2) is 5.82 Å². The summed E-state index contributed by atoms with van der Waals surface area (Å²) in [7, 11) is 1.59. The number of ether oxygens (including phenoxy) is 1. The maximum Gasteiger partial charge on any atom is 0.257 e. The number of carbonyl (C=O) groups is 1. The summed E-state index contributed by atoms with van der Waals surface area (Å²) in [4.78, 5) is 23.9. The van der Waals surface area contributed by atoms with Crippen LogP contribution in [0.2, 0.25) is 0 Å². The predicted octanol–water partition coefficient (Wildman–Crippen LogP) is 3.63. The Balaban J connectivity index is 1.44. The number of nitrogens with zero attached hydrogens (tertiary/aromatic N) is 3. The third-order valence-corrected chi connectivity index (χ3v) is 4.99. The van der Waals surface area contributed by atoms with Crippen LogP contribution in [0.5, 0.6) is 5.88 Å². The van der Waals surface area contributed by atoms with E-state index in [1.165, 1.54) is 12.1 Å². The molecule has 0 aliphatic carbocycles. The van der Waals surface area contributed by atoms with Crippen LogP contribution in [0.25, 0.3) is 11.0 Å². The lowest BCUT2D eigenvalue weighted by molar-refractivity contribution is -0.120. The summed E-state index contributed by atoms with van der Waals surface area (Å²) in [5.74, 6) is 0.742. The van der Waals surface area contributed by atoms with Gasteiger partial charge in [0.1, 0.15) is 5.82 Å². The van der Waals surface area contributed by atoms with Crippen LogP contribution < -0.4 is 15.0 Å². The van der Waals surface area contributed by atoms with Crippen molar-refractivity contribution in [2.75, 3.05) is 30.4 Å². The maximum absolute atomic E-state index is 13.0. The Bertz CT molecular complexity index is 985. The average Bonchev–Trinajstić information content (AvgIpc) is 2.74. The van der Waals surface area contributed by atoms with Gasteiger partial charge in [-0.05, 0) is 49.2 Å². The van der Waals surface area contributed by atoms with Crippen molar-refractivity contribution in [3.05, 3.63) is 54.3 Å². The second-order valence-electron chi connectivity index (χ2n) is 6.80. The number of hydrogen-bond acceptors (Lipinski definition) is 5. The quantitative estimate of drug-likeness (QED) is 0.749. The first kappa shape index (κ1) is 18.2. The molecule has 7 heteroatoms. The summed E-state index contributed by atoms with van der Waals surface area (Å²) < 4.78 is 18.4. The number of methoxy groups -OCH3 is 1. The molecule has 1 fully saturated rings. The number of halogens is 1. The molecule has 2 aromatic carbocycles. The zero-order valence-electron chi connectivity index (χ0n) is 15.6. The van der Waals surface area contributed by atoms with Crippen molar-refractivity contribution < 1.29 is 13.9 Å². The van der Waals surface area contributed by atoms with E-state index in [1.54, 1.807) is 19.2 Å². The molecule has 1 saturated heterocycles. The van der Waals surface area contributed by atoms with E-state index >= 15 is 0 Å². The van der Waals surface area contributed by atoms with Gasteiger partial charge in [0, 0.05) is 24.7 Å². The summed E-state index contributed by atoms with van der Waals surface area (Å²) in [6.07, 6.45) is 1.40. The minimum atomic E-state index is -0.322. The fourth-order valence-corrected chi connectivity index (χ4v) is 3.45. The van der Waals surface area contributed by atoms with E-state index < -0.39 is 0 Å². The number of rotatable bonds is 4. The molecule has 1 N–H and O–H groups in total. The van der Waals surface area contributed by atoms with Crippen molar-refractivity contribution in [2.45, 2.75) is 12.8 Å². The largest absolute Gasteiger partial charge is 0.478 e. The Labute approximate surface area is 162 Å². The van der Waals surface area contributed by atoms with Gasteiger partial charge in [0.25, 0.3) is 5.88 Å². The second kappa shape index (κ2) is 7.80. The van der Waals surface area contributed by atoms with Crippen molar-refractivity contribution in [1.82, 2.24) is 9.97 Å². The molecule has 1 aliphatic rings. The first-order valence-electron chi connectivity index (χ1n) is 9.26. The van der Waals surface area contributed by atoms with E-state index in [2.05, 4.69) is 15.2 Å². The third-order valence-electron chi connectivity index (χ3n) is 4.99. The van der Waals surface area contributed by atoms with Gasteiger partial charge in [0.2, 0.25) is 5.91 Å². The van der Waals surface area contributed by atoms with Crippen molar-refractivity contribution in [1.29, 1.82) is 0 Å². The van der Waals surface area contributed by atoms with Crippen molar-refractivity contribution in [3.8, 4) is 5.88 Å². The zero-order chi connectivity index (χ0) is 19.5. The highest BCUT2D eigenvalue weighted by molar-refractivity contribution is 5.92. The lowest BCUT2D eigenvalue weighted by Crippen LogP contribution is -2.38. The molecule has 0 radical (unpaired) electrons. The smallest absolute Gasteiger partial charge is 0.257 e. The van der Waals surface area contributed by atoms with Gasteiger partial charge in [-0.15, -0.1) is 0 Å². The molecule has 1 amide bonds. The molecule has 6 nitrogen and oxygen atoms in total. The zero-order valence-corrected chi connectivity index (χ0v) is 15.6. The molecule has 0 atom stereocenters. The normalized spacial score (nSPS) is 14.9. The molecule has 0 saturated carbocycles. The molecule has 3 aromatic rings. The number of para-hydroxylation sites is 2. The van der Waals surface area contributed by atoms with Gasteiger partial charge < -0.3 is 15.0 Å². The van der Waals surface area contributed by atoms with Gasteiger partial charge in [0.05, 0.1) is 18.1 Å². The van der Waals surface area contributed by atoms with E-state index in [0.717, 1.165) is 11.0 Å². The number of carbonyl (C=O) groups excluding carboxylic acids is 1. The highest BCUT2D eigenvalue weighted by Gasteiger charge is 2.27. The highest BCUT2D eigenvalue weighted by Crippen LogP contribution is 2.30. The number of hydrogen-bond donors (Lipinski definition) is 1. The number of piperidine rings is 1. The Morgan fingerprint density at radius 1 is 1.07 bits per heavy atom. The van der Waals surface area contributed by atoms with Gasteiger partial charge in [-0.1, -0.05) is 12.1 Å². The molecule has 28 heavy (non-hydrogen) atoms. The third kappa shape index (κ3) is 3.74. The van der Waals surface area contributed by atoms with Crippen LogP contribution >= 0.6 is 0 Å². The van der Waals surface area contributed by atoms with E-state index in [0.29, 0.717) is 43.3 Å². The van der Waals surface area contributed by atoms with Crippen LogP contribution in [-0.2, 0) is 4.79 Å². The Morgan fingerprint density at radius 2 is 1.71 bits per heavy atom. The molecule has 144 valence electrons. The lowest BCUT2D eigenvalue weighted by Gasteiger charge is -2.32. The summed E-state index contributed by atoms with van der Waals surface area (Å²) in [5, 5.41) is 2.86. The standard InChI is InChI=1S/C21H21FN4O2/c1-28-21-19(24-17-4-2-3-5-18(17)25-21)26-12-10-14(11-13-26)20(27)23-16-8-6-15(22)7-9-16/h2-9,14H,10-13H2,1H3,(H,23,27). The van der Waals surface area contributed by atoms with E-state index in [9.17, 15) is 9.18 Å². The number of benzene rings is 2. The summed E-state index contributed by atoms with van der Waals surface area (Å²) in [6, 6.07) is 13.5. The number of nitrogens with one attached hydrogen (secondary N) is 1. The summed E-state index contributed by atoms with van der Waals surface area (Å²) in [6.45, 7) is 1.37.